The number of ether oxygens (including phenoxy) is 5. The first-order chi connectivity index (χ1) is 18.4. The van der Waals surface area contributed by atoms with Gasteiger partial charge in [0.05, 0.1) is 38.3 Å². The topological polar surface area (TPSA) is 133 Å². The van der Waals surface area contributed by atoms with E-state index in [1.807, 2.05) is 18.2 Å². The number of nitrogens with one attached hydrogen (secondary N) is 1. The second-order valence-electron chi connectivity index (χ2n) is 9.42. The molecule has 2 heterocycles. The molecule has 0 spiro atoms. The lowest BCUT2D eigenvalue weighted by Gasteiger charge is -2.40. The van der Waals surface area contributed by atoms with E-state index < -0.39 is 17.8 Å². The van der Waals surface area contributed by atoms with Gasteiger partial charge in [-0.05, 0) is 59.2 Å². The molecule has 6 rings (SSSR count). The Kier molecular flexibility index (Phi) is 5.67. The van der Waals surface area contributed by atoms with Crippen LogP contribution in [0.25, 0.3) is 0 Å². The largest absolute Gasteiger partial charge is 0.504 e. The van der Waals surface area contributed by atoms with E-state index in [-0.39, 0.29) is 48.6 Å². The summed E-state index contributed by atoms with van der Waals surface area (Å²) in [5.74, 6) is -1.80. The number of fused-ring (bicyclic) bond motifs is 3. The Balaban J connectivity index is 1.51. The normalized spacial score (nSPS) is 22.7. The summed E-state index contributed by atoms with van der Waals surface area (Å²) in [6, 6.07) is 13.4. The van der Waals surface area contributed by atoms with Crippen molar-refractivity contribution in [1.82, 2.24) is 0 Å². The Morgan fingerprint density at radius 3 is 2.50 bits per heavy atom. The van der Waals surface area contributed by atoms with Crippen LogP contribution >= 0.6 is 0 Å². The molecule has 3 aromatic carbocycles. The summed E-state index contributed by atoms with van der Waals surface area (Å²) in [5, 5.41) is 24.2. The van der Waals surface area contributed by atoms with Crippen molar-refractivity contribution in [2.45, 2.75) is 12.0 Å². The third kappa shape index (κ3) is 3.71. The first-order valence-electron chi connectivity index (χ1n) is 12.0. The SMILES string of the molecule is COC(=O)c1cccc(N[C@@H]2c3cc4c(cc3[C@@H](c3cc(O)c(O)c(OC)c3)[C@H]3C(=O)OC[C@@H]32)OCO4)c1. The molecule has 0 amide bonds. The highest BCUT2D eigenvalue weighted by atomic mass is 16.7. The molecule has 1 fully saturated rings. The fraction of sp³-hybridized carbons (Fsp3) is 0.286. The molecular formula is C28H25NO9. The van der Waals surface area contributed by atoms with Crippen LogP contribution in [-0.4, -0.2) is 49.8 Å². The molecule has 2 aliphatic heterocycles. The van der Waals surface area contributed by atoms with Crippen LogP contribution in [0.3, 0.4) is 0 Å². The first-order valence-corrected chi connectivity index (χ1v) is 12.0. The quantitative estimate of drug-likeness (QED) is 0.338. The van der Waals surface area contributed by atoms with Crippen molar-refractivity contribution >= 4 is 17.6 Å². The molecule has 0 aromatic heterocycles. The molecule has 1 saturated heterocycles. The third-order valence-electron chi connectivity index (χ3n) is 7.45. The van der Waals surface area contributed by atoms with E-state index in [2.05, 4.69) is 5.32 Å². The number of carbonyl (C=O) groups excluding carboxylic acids is 2. The molecule has 1 aliphatic carbocycles. The molecular weight excluding hydrogens is 494 g/mol. The summed E-state index contributed by atoms with van der Waals surface area (Å²) >= 11 is 0. The van der Waals surface area contributed by atoms with Crippen molar-refractivity contribution < 1.29 is 43.5 Å². The van der Waals surface area contributed by atoms with Gasteiger partial charge in [-0.1, -0.05) is 6.07 Å². The monoisotopic (exact) mass is 519 g/mol. The van der Waals surface area contributed by atoms with E-state index in [9.17, 15) is 19.8 Å². The summed E-state index contributed by atoms with van der Waals surface area (Å²) in [6.07, 6.45) is 0. The van der Waals surface area contributed by atoms with Gasteiger partial charge in [-0.3, -0.25) is 4.79 Å². The number of cyclic esters (lactones) is 1. The summed E-state index contributed by atoms with van der Waals surface area (Å²) in [6.45, 7) is 0.244. The fourth-order valence-electron chi connectivity index (χ4n) is 5.73. The molecule has 3 aromatic rings. The Morgan fingerprint density at radius 1 is 1.00 bits per heavy atom. The highest BCUT2D eigenvalue weighted by molar-refractivity contribution is 5.90. The van der Waals surface area contributed by atoms with Crippen LogP contribution in [0.15, 0.2) is 48.5 Å². The standard InChI is InChI=1S/C28H25NO9/c1-34-22-8-14(7-19(30)26(22)31)23-16-9-20-21(38-12-37-20)10-17(16)25(18-11-36-28(33)24(18)23)29-15-5-3-4-13(6-15)27(32)35-2/h3-10,18,23-25,29-31H,11-12H2,1-2H3/t18-,23+,24-,25+/m0/s1. The zero-order chi connectivity index (χ0) is 26.6. The second-order valence-corrected chi connectivity index (χ2v) is 9.42. The Hall–Kier alpha value is -4.60. The Labute approximate surface area is 217 Å². The van der Waals surface area contributed by atoms with Crippen LogP contribution < -0.4 is 19.5 Å². The maximum absolute atomic E-state index is 13.2. The van der Waals surface area contributed by atoms with E-state index in [0.717, 1.165) is 11.1 Å². The summed E-state index contributed by atoms with van der Waals surface area (Å²) in [5.41, 5.74) is 3.27. The van der Waals surface area contributed by atoms with Gasteiger partial charge in [0.2, 0.25) is 12.5 Å². The highest BCUT2D eigenvalue weighted by Crippen LogP contribution is 2.56. The van der Waals surface area contributed by atoms with Gasteiger partial charge in [0.15, 0.2) is 23.0 Å². The molecule has 196 valence electrons. The number of hydrogen-bond donors (Lipinski definition) is 3. The van der Waals surface area contributed by atoms with Crippen LogP contribution in [0.1, 0.15) is 39.0 Å². The van der Waals surface area contributed by atoms with Crippen LogP contribution in [0, 0.1) is 11.8 Å². The van der Waals surface area contributed by atoms with E-state index in [1.54, 1.807) is 24.3 Å². The number of aromatic hydroxyl groups is 2. The highest BCUT2D eigenvalue weighted by Gasteiger charge is 2.52. The minimum atomic E-state index is -0.613. The van der Waals surface area contributed by atoms with Gasteiger partial charge in [-0.25, -0.2) is 4.79 Å². The maximum atomic E-state index is 13.2. The number of benzene rings is 3. The van der Waals surface area contributed by atoms with Crippen LogP contribution in [0.5, 0.6) is 28.7 Å². The van der Waals surface area contributed by atoms with E-state index >= 15 is 0 Å². The van der Waals surface area contributed by atoms with Gasteiger partial charge in [-0.2, -0.15) is 0 Å². The maximum Gasteiger partial charge on any atom is 0.337 e. The summed E-state index contributed by atoms with van der Waals surface area (Å²) in [7, 11) is 2.71. The molecule has 3 aliphatic rings. The first kappa shape index (κ1) is 23.8. The molecule has 10 nitrogen and oxygen atoms in total. The summed E-state index contributed by atoms with van der Waals surface area (Å²) in [4.78, 5) is 25.3. The van der Waals surface area contributed by atoms with Crippen molar-refractivity contribution in [3.63, 3.8) is 0 Å². The van der Waals surface area contributed by atoms with Gasteiger partial charge in [0, 0.05) is 17.5 Å². The number of phenols is 2. The number of methoxy groups -OCH3 is 2. The minimum Gasteiger partial charge on any atom is -0.504 e. The van der Waals surface area contributed by atoms with Crippen molar-refractivity contribution in [2.24, 2.45) is 11.8 Å². The van der Waals surface area contributed by atoms with Gasteiger partial charge < -0.3 is 39.2 Å². The number of rotatable bonds is 5. The number of phenolic OH excluding ortho intramolecular Hbond substituents is 2. The molecule has 4 atom stereocenters. The lowest BCUT2D eigenvalue weighted by molar-refractivity contribution is -0.141. The summed E-state index contributed by atoms with van der Waals surface area (Å²) < 4.78 is 27.0. The zero-order valence-electron chi connectivity index (χ0n) is 20.6. The van der Waals surface area contributed by atoms with Crippen LogP contribution in [-0.2, 0) is 14.3 Å². The van der Waals surface area contributed by atoms with E-state index in [1.165, 1.54) is 20.3 Å². The predicted octanol–water partition coefficient (Wildman–Crippen LogP) is 3.71. The van der Waals surface area contributed by atoms with Gasteiger partial charge >= 0.3 is 11.9 Å². The Bertz CT molecular complexity index is 1450. The number of anilines is 1. The van der Waals surface area contributed by atoms with E-state index in [0.29, 0.717) is 28.3 Å². The second kappa shape index (κ2) is 9.05. The molecule has 38 heavy (non-hydrogen) atoms. The average molecular weight is 520 g/mol. The number of carbonyl (C=O) groups is 2. The number of hydrogen-bond acceptors (Lipinski definition) is 10. The lowest BCUT2D eigenvalue weighted by atomic mass is 9.65. The molecule has 3 N–H and O–H groups in total. The third-order valence-corrected chi connectivity index (χ3v) is 7.45. The van der Waals surface area contributed by atoms with Crippen molar-refractivity contribution in [3.05, 3.63) is 70.8 Å². The van der Waals surface area contributed by atoms with Gasteiger partial charge in [-0.15, -0.1) is 0 Å². The smallest absolute Gasteiger partial charge is 0.337 e. The molecule has 10 heteroatoms. The van der Waals surface area contributed by atoms with Crippen molar-refractivity contribution in [2.75, 3.05) is 32.9 Å². The molecule has 0 saturated carbocycles. The van der Waals surface area contributed by atoms with Gasteiger partial charge in [0.1, 0.15) is 0 Å². The molecule has 0 bridgehead atoms. The predicted molar refractivity (Wildman–Crippen MR) is 133 cm³/mol. The lowest BCUT2D eigenvalue weighted by Crippen LogP contribution is -2.37. The zero-order valence-corrected chi connectivity index (χ0v) is 20.6. The van der Waals surface area contributed by atoms with Crippen molar-refractivity contribution in [1.29, 1.82) is 0 Å². The molecule has 0 radical (unpaired) electrons. The minimum absolute atomic E-state index is 0.0743. The van der Waals surface area contributed by atoms with Gasteiger partial charge in [0.25, 0.3) is 0 Å². The van der Waals surface area contributed by atoms with Crippen LogP contribution in [0.4, 0.5) is 5.69 Å². The number of esters is 2. The Morgan fingerprint density at radius 2 is 1.76 bits per heavy atom. The van der Waals surface area contributed by atoms with Crippen molar-refractivity contribution in [3.8, 4) is 28.7 Å². The van der Waals surface area contributed by atoms with Crippen LogP contribution in [0.2, 0.25) is 0 Å². The molecule has 0 unspecified atom stereocenters. The average Bonchev–Trinajstić information content (AvgIpc) is 3.55. The van der Waals surface area contributed by atoms with E-state index in [4.69, 9.17) is 23.7 Å². The fourth-order valence-corrected chi connectivity index (χ4v) is 5.73.